The highest BCUT2D eigenvalue weighted by atomic mass is 32.2. The summed E-state index contributed by atoms with van der Waals surface area (Å²) in [6.45, 7) is 16.2. The number of unbranched alkanes of at least 4 members (excludes halogenated alkanes) is 2. The zero-order chi connectivity index (χ0) is 27.3. The van der Waals surface area contributed by atoms with Crippen LogP contribution in [-0.2, 0) is 19.1 Å². The van der Waals surface area contributed by atoms with Crippen molar-refractivity contribution in [3.8, 4) is 0 Å². The molecule has 3 rings (SSSR count). The number of hydrogen-bond acceptors (Lipinski definition) is 6. The predicted molar refractivity (Wildman–Crippen MR) is 148 cm³/mol. The molecule has 0 saturated carbocycles. The fourth-order valence-corrected chi connectivity index (χ4v) is 8.82. The Morgan fingerprint density at radius 1 is 1.27 bits per heavy atom. The van der Waals surface area contributed by atoms with E-state index in [0.717, 1.165) is 38.5 Å². The van der Waals surface area contributed by atoms with Crippen LogP contribution in [0.3, 0.4) is 0 Å². The van der Waals surface area contributed by atoms with Crippen molar-refractivity contribution in [2.24, 2.45) is 17.8 Å². The molecule has 3 saturated heterocycles. The first kappa shape index (κ1) is 29.8. The Morgan fingerprint density at radius 3 is 2.59 bits per heavy atom. The Balaban J connectivity index is 1.98. The molecule has 0 aliphatic carbocycles. The second kappa shape index (κ2) is 12.8. The number of thioether (sulfide) groups is 1. The summed E-state index contributed by atoms with van der Waals surface area (Å²) in [5, 5.41) is 10.3. The quantitative estimate of drug-likeness (QED) is 0.193. The maximum Gasteiger partial charge on any atom is 0.310 e. The molecule has 3 aliphatic heterocycles. The zero-order valence-electron chi connectivity index (χ0n) is 23.1. The van der Waals surface area contributed by atoms with Crippen molar-refractivity contribution in [3.05, 3.63) is 25.3 Å². The van der Waals surface area contributed by atoms with Crippen LogP contribution in [0.1, 0.15) is 72.6 Å². The molecule has 7 nitrogen and oxygen atoms in total. The van der Waals surface area contributed by atoms with E-state index in [9.17, 15) is 19.5 Å². The van der Waals surface area contributed by atoms with E-state index in [2.05, 4.69) is 20.1 Å². The standard InChI is InChI=1S/C29H46N2O5S/c1-7-10-11-12-17-36-28(35)23-22-14-15-29(37-22)24(23)26(33)31(21(18-32)19(4)5)25(29)27(34)30(16-9-3)20(6)13-8-2/h7,9,19-25,32H,1,3,8,10-18H2,2,4-6H3/t20?,21-,22-,23+,24-,25?,29?/m0/s1. The molecule has 1 spiro atoms. The van der Waals surface area contributed by atoms with E-state index in [-0.39, 0.29) is 41.6 Å². The number of fused-ring (bicyclic) bond motifs is 1. The van der Waals surface area contributed by atoms with Crippen LogP contribution in [0.5, 0.6) is 0 Å². The number of aliphatic hydroxyl groups excluding tert-OH is 1. The van der Waals surface area contributed by atoms with Crippen LogP contribution in [-0.4, -0.2) is 80.6 Å². The van der Waals surface area contributed by atoms with Crippen LogP contribution in [0.4, 0.5) is 0 Å². The fraction of sp³-hybridized carbons (Fsp3) is 0.759. The third kappa shape index (κ3) is 5.51. The monoisotopic (exact) mass is 534 g/mol. The summed E-state index contributed by atoms with van der Waals surface area (Å²) in [4.78, 5) is 45.4. The van der Waals surface area contributed by atoms with Gasteiger partial charge >= 0.3 is 5.97 Å². The van der Waals surface area contributed by atoms with Gasteiger partial charge in [0.15, 0.2) is 0 Å². The van der Waals surface area contributed by atoms with Crippen molar-refractivity contribution < 1.29 is 24.2 Å². The van der Waals surface area contributed by atoms with Crippen molar-refractivity contribution in [2.75, 3.05) is 19.8 Å². The van der Waals surface area contributed by atoms with E-state index in [1.807, 2.05) is 31.7 Å². The molecule has 3 fully saturated rings. The minimum Gasteiger partial charge on any atom is -0.465 e. The fourth-order valence-electron chi connectivity index (χ4n) is 6.63. The van der Waals surface area contributed by atoms with E-state index in [0.29, 0.717) is 19.6 Å². The first-order chi connectivity index (χ1) is 17.7. The van der Waals surface area contributed by atoms with Gasteiger partial charge in [-0.15, -0.1) is 24.9 Å². The number of nitrogens with zero attached hydrogens (tertiary/aromatic N) is 2. The first-order valence-corrected chi connectivity index (χ1v) is 14.9. The van der Waals surface area contributed by atoms with Gasteiger partial charge in [-0.2, -0.15) is 0 Å². The maximum atomic E-state index is 14.4. The van der Waals surface area contributed by atoms with Crippen molar-refractivity contribution >= 4 is 29.5 Å². The van der Waals surface area contributed by atoms with E-state index in [1.165, 1.54) is 0 Å². The molecular weight excluding hydrogens is 488 g/mol. The van der Waals surface area contributed by atoms with E-state index >= 15 is 0 Å². The summed E-state index contributed by atoms with van der Waals surface area (Å²) in [5.41, 5.74) is 0. The molecular formula is C29H46N2O5S. The van der Waals surface area contributed by atoms with Crippen LogP contribution in [0.2, 0.25) is 0 Å². The molecule has 3 heterocycles. The number of amides is 2. The van der Waals surface area contributed by atoms with Gasteiger partial charge in [0.05, 0.1) is 35.8 Å². The number of rotatable bonds is 15. The SMILES string of the molecule is C=CCCCCOC(=O)[C@@H]1[C@@H]2CCC3(S2)C(C(=O)N(CC=C)C(C)CCC)N([C@@H](CO)C(C)C)C(=O)[C@H]13. The molecule has 1 N–H and O–H groups in total. The molecule has 3 aliphatic rings. The van der Waals surface area contributed by atoms with E-state index in [1.54, 1.807) is 22.7 Å². The molecule has 0 aromatic carbocycles. The lowest BCUT2D eigenvalue weighted by Crippen LogP contribution is -2.59. The molecule has 2 amide bonds. The van der Waals surface area contributed by atoms with Gasteiger partial charge < -0.3 is 19.6 Å². The van der Waals surface area contributed by atoms with Crippen LogP contribution in [0.25, 0.3) is 0 Å². The largest absolute Gasteiger partial charge is 0.465 e. The van der Waals surface area contributed by atoms with Gasteiger partial charge in [0.1, 0.15) is 6.04 Å². The molecule has 0 radical (unpaired) electrons. The molecule has 0 aromatic rings. The lowest BCUT2D eigenvalue weighted by atomic mass is 9.71. The Labute approximate surface area is 227 Å². The molecule has 8 heteroatoms. The van der Waals surface area contributed by atoms with Gasteiger partial charge in [0.25, 0.3) is 0 Å². The van der Waals surface area contributed by atoms with Crippen LogP contribution in [0, 0.1) is 17.8 Å². The number of esters is 1. The zero-order valence-corrected chi connectivity index (χ0v) is 23.9. The number of carbonyl (C=O) groups excluding carboxylic acids is 3. The highest BCUT2D eigenvalue weighted by Crippen LogP contribution is 2.67. The van der Waals surface area contributed by atoms with Crippen LogP contribution < -0.4 is 0 Å². The van der Waals surface area contributed by atoms with Gasteiger partial charge in [-0.05, 0) is 51.4 Å². The topological polar surface area (TPSA) is 87.2 Å². The van der Waals surface area contributed by atoms with Gasteiger partial charge in [0, 0.05) is 17.8 Å². The Bertz CT molecular complexity index is 863. The Kier molecular flexibility index (Phi) is 10.3. The molecule has 208 valence electrons. The Hall–Kier alpha value is -1.80. The average Bonchev–Trinajstić information content (AvgIpc) is 3.50. The van der Waals surface area contributed by atoms with Crippen molar-refractivity contribution in [3.63, 3.8) is 0 Å². The minimum absolute atomic E-state index is 0.00513. The smallest absolute Gasteiger partial charge is 0.310 e. The van der Waals surface area contributed by atoms with Gasteiger partial charge in [-0.25, -0.2) is 0 Å². The lowest BCUT2D eigenvalue weighted by molar-refractivity contribution is -0.155. The number of ether oxygens (including phenoxy) is 1. The normalized spacial score (nSPS) is 29.8. The average molecular weight is 535 g/mol. The van der Waals surface area contributed by atoms with Gasteiger partial charge in [0.2, 0.25) is 11.8 Å². The molecule has 2 bridgehead atoms. The summed E-state index contributed by atoms with van der Waals surface area (Å²) in [6, 6.07) is -1.22. The number of likely N-dealkylation sites (tertiary alicyclic amines) is 1. The highest BCUT2D eigenvalue weighted by molar-refractivity contribution is 8.02. The molecule has 37 heavy (non-hydrogen) atoms. The number of allylic oxidation sites excluding steroid dienone is 1. The number of aliphatic hydroxyl groups is 1. The second-order valence-corrected chi connectivity index (χ2v) is 12.8. The van der Waals surface area contributed by atoms with E-state index in [4.69, 9.17) is 4.74 Å². The van der Waals surface area contributed by atoms with E-state index < -0.39 is 28.7 Å². The third-order valence-corrected chi connectivity index (χ3v) is 10.4. The van der Waals surface area contributed by atoms with Crippen molar-refractivity contribution in [1.82, 2.24) is 9.80 Å². The summed E-state index contributed by atoms with van der Waals surface area (Å²) in [5.74, 6) is -1.81. The van der Waals surface area contributed by atoms with Crippen molar-refractivity contribution in [1.29, 1.82) is 0 Å². The first-order valence-electron chi connectivity index (χ1n) is 14.0. The van der Waals surface area contributed by atoms with Crippen molar-refractivity contribution in [2.45, 2.75) is 101 Å². The minimum atomic E-state index is -0.718. The molecule has 0 aromatic heterocycles. The third-order valence-electron chi connectivity index (χ3n) is 8.45. The highest BCUT2D eigenvalue weighted by Gasteiger charge is 2.75. The molecule has 3 unspecified atom stereocenters. The van der Waals surface area contributed by atoms with Gasteiger partial charge in [-0.1, -0.05) is 39.3 Å². The van der Waals surface area contributed by atoms with Crippen LogP contribution in [0.15, 0.2) is 25.3 Å². The summed E-state index contributed by atoms with van der Waals surface area (Å²) in [6.07, 6.45) is 9.38. The van der Waals surface area contributed by atoms with Crippen LogP contribution >= 0.6 is 11.8 Å². The summed E-state index contributed by atoms with van der Waals surface area (Å²) in [7, 11) is 0. The molecule has 7 atom stereocenters. The number of hydrogen-bond donors (Lipinski definition) is 1. The summed E-state index contributed by atoms with van der Waals surface area (Å²) < 4.78 is 5.00. The van der Waals surface area contributed by atoms with Gasteiger partial charge in [-0.3, -0.25) is 14.4 Å². The summed E-state index contributed by atoms with van der Waals surface area (Å²) >= 11 is 1.65. The number of carbonyl (C=O) groups is 3. The predicted octanol–water partition coefficient (Wildman–Crippen LogP) is 4.20. The second-order valence-electron chi connectivity index (χ2n) is 11.2. The lowest BCUT2D eigenvalue weighted by Gasteiger charge is -2.42. The Morgan fingerprint density at radius 2 is 2.00 bits per heavy atom. The maximum absolute atomic E-state index is 14.4.